The second-order valence-electron chi connectivity index (χ2n) is 4.64. The zero-order chi connectivity index (χ0) is 14.1. The first-order chi connectivity index (χ1) is 9.65. The molecule has 0 spiro atoms. The van der Waals surface area contributed by atoms with Crippen molar-refractivity contribution >= 4 is 28.2 Å². The minimum atomic E-state index is -0.211. The molecule has 0 unspecified atom stereocenters. The van der Waals surface area contributed by atoms with Gasteiger partial charge in [0.15, 0.2) is 0 Å². The van der Waals surface area contributed by atoms with E-state index in [1.165, 1.54) is 0 Å². The lowest BCUT2D eigenvalue weighted by Gasteiger charge is -2.05. The second kappa shape index (κ2) is 4.70. The summed E-state index contributed by atoms with van der Waals surface area (Å²) >= 11 is 0. The van der Waals surface area contributed by atoms with Crippen molar-refractivity contribution in [1.29, 1.82) is 0 Å². The van der Waals surface area contributed by atoms with Gasteiger partial charge in [-0.05, 0) is 30.7 Å². The molecule has 0 aliphatic heterocycles. The van der Waals surface area contributed by atoms with Crippen molar-refractivity contribution < 1.29 is 4.79 Å². The average molecular weight is 266 g/mol. The highest BCUT2D eigenvalue weighted by molar-refractivity contribution is 6.07. The summed E-state index contributed by atoms with van der Waals surface area (Å²) in [5.74, 6) is -0.211. The molecule has 0 fully saturated rings. The SMILES string of the molecule is Cc1ccncc1NC(=O)c1cc2cccc(N)c2[nH]1. The van der Waals surface area contributed by atoms with Crippen molar-refractivity contribution in [3.05, 3.63) is 54.0 Å². The maximum atomic E-state index is 12.2. The van der Waals surface area contributed by atoms with Crippen LogP contribution in [0.5, 0.6) is 0 Å². The molecule has 0 saturated carbocycles. The van der Waals surface area contributed by atoms with Crippen molar-refractivity contribution in [3.8, 4) is 0 Å². The van der Waals surface area contributed by atoms with E-state index in [9.17, 15) is 4.79 Å². The number of nitrogens with one attached hydrogen (secondary N) is 2. The lowest BCUT2D eigenvalue weighted by molar-refractivity contribution is 0.102. The lowest BCUT2D eigenvalue weighted by atomic mass is 10.2. The minimum Gasteiger partial charge on any atom is -0.397 e. The van der Waals surface area contributed by atoms with Crippen molar-refractivity contribution in [1.82, 2.24) is 9.97 Å². The first-order valence-corrected chi connectivity index (χ1v) is 6.24. The predicted molar refractivity (Wildman–Crippen MR) is 79.6 cm³/mol. The van der Waals surface area contributed by atoms with Gasteiger partial charge in [-0.3, -0.25) is 9.78 Å². The number of nitrogen functional groups attached to an aromatic ring is 1. The zero-order valence-corrected chi connectivity index (χ0v) is 11.0. The number of anilines is 2. The number of nitrogens with zero attached hydrogens (tertiary/aromatic N) is 1. The van der Waals surface area contributed by atoms with E-state index in [1.807, 2.05) is 25.1 Å². The van der Waals surface area contributed by atoms with E-state index >= 15 is 0 Å². The molecule has 0 bridgehead atoms. The molecule has 0 radical (unpaired) electrons. The number of para-hydroxylation sites is 1. The van der Waals surface area contributed by atoms with E-state index in [1.54, 1.807) is 24.5 Å². The van der Waals surface area contributed by atoms with Gasteiger partial charge >= 0.3 is 0 Å². The molecule has 4 N–H and O–H groups in total. The van der Waals surface area contributed by atoms with Crippen LogP contribution in [0.1, 0.15) is 16.1 Å². The van der Waals surface area contributed by atoms with Crippen LogP contribution in [-0.4, -0.2) is 15.9 Å². The van der Waals surface area contributed by atoms with Crippen LogP contribution >= 0.6 is 0 Å². The van der Waals surface area contributed by atoms with E-state index in [0.29, 0.717) is 17.1 Å². The number of aromatic nitrogens is 2. The molecule has 0 aliphatic rings. The first kappa shape index (κ1) is 12.2. The average Bonchev–Trinajstić information content (AvgIpc) is 2.87. The summed E-state index contributed by atoms with van der Waals surface area (Å²) < 4.78 is 0. The molecular weight excluding hydrogens is 252 g/mol. The van der Waals surface area contributed by atoms with Crippen LogP contribution in [0.4, 0.5) is 11.4 Å². The van der Waals surface area contributed by atoms with Crippen molar-refractivity contribution in [2.24, 2.45) is 0 Å². The number of nitrogens with two attached hydrogens (primary N) is 1. The van der Waals surface area contributed by atoms with Gasteiger partial charge in [0.05, 0.1) is 23.1 Å². The van der Waals surface area contributed by atoms with Gasteiger partial charge in [-0.15, -0.1) is 0 Å². The number of pyridine rings is 1. The molecule has 5 nitrogen and oxygen atoms in total. The molecule has 100 valence electrons. The van der Waals surface area contributed by atoms with Gasteiger partial charge in [-0.25, -0.2) is 0 Å². The Balaban J connectivity index is 1.93. The molecular formula is C15H14N4O. The molecule has 1 amide bonds. The molecule has 3 aromatic rings. The van der Waals surface area contributed by atoms with Crippen LogP contribution < -0.4 is 11.1 Å². The number of amides is 1. The van der Waals surface area contributed by atoms with Gasteiger partial charge in [0.1, 0.15) is 5.69 Å². The molecule has 0 saturated heterocycles. The third-order valence-corrected chi connectivity index (χ3v) is 3.22. The first-order valence-electron chi connectivity index (χ1n) is 6.24. The lowest BCUT2D eigenvalue weighted by Crippen LogP contribution is -2.13. The normalized spacial score (nSPS) is 10.7. The number of benzene rings is 1. The fourth-order valence-electron chi connectivity index (χ4n) is 2.09. The van der Waals surface area contributed by atoms with Crippen molar-refractivity contribution in [3.63, 3.8) is 0 Å². The topological polar surface area (TPSA) is 83.8 Å². The fourth-order valence-corrected chi connectivity index (χ4v) is 2.09. The number of carbonyl (C=O) groups is 1. The Morgan fingerprint density at radius 3 is 2.95 bits per heavy atom. The Morgan fingerprint density at radius 1 is 1.35 bits per heavy atom. The zero-order valence-electron chi connectivity index (χ0n) is 11.0. The number of carbonyl (C=O) groups excluding carboxylic acids is 1. The number of aromatic amines is 1. The Bertz CT molecular complexity index is 791. The van der Waals surface area contributed by atoms with Crippen LogP contribution in [0, 0.1) is 6.92 Å². The smallest absolute Gasteiger partial charge is 0.272 e. The van der Waals surface area contributed by atoms with E-state index in [0.717, 1.165) is 16.5 Å². The Morgan fingerprint density at radius 2 is 2.20 bits per heavy atom. The third-order valence-electron chi connectivity index (χ3n) is 3.22. The Kier molecular flexibility index (Phi) is 2.87. The van der Waals surface area contributed by atoms with Gasteiger partial charge in [0, 0.05) is 11.6 Å². The molecule has 2 heterocycles. The molecule has 20 heavy (non-hydrogen) atoms. The monoisotopic (exact) mass is 266 g/mol. The van der Waals surface area contributed by atoms with Crippen LogP contribution in [0.25, 0.3) is 10.9 Å². The summed E-state index contributed by atoms with van der Waals surface area (Å²) in [5.41, 5.74) is 9.41. The van der Waals surface area contributed by atoms with Gasteiger partial charge in [0.25, 0.3) is 5.91 Å². The maximum absolute atomic E-state index is 12.2. The fraction of sp³-hybridized carbons (Fsp3) is 0.0667. The summed E-state index contributed by atoms with van der Waals surface area (Å²) in [7, 11) is 0. The summed E-state index contributed by atoms with van der Waals surface area (Å²) in [5, 5.41) is 3.75. The highest BCUT2D eigenvalue weighted by Crippen LogP contribution is 2.22. The van der Waals surface area contributed by atoms with Crippen LogP contribution in [0.3, 0.4) is 0 Å². The molecule has 3 rings (SSSR count). The summed E-state index contributed by atoms with van der Waals surface area (Å²) in [6, 6.07) is 9.20. The summed E-state index contributed by atoms with van der Waals surface area (Å²) in [6.07, 6.45) is 3.32. The van der Waals surface area contributed by atoms with Crippen LogP contribution in [0.15, 0.2) is 42.7 Å². The van der Waals surface area contributed by atoms with Gasteiger partial charge < -0.3 is 16.0 Å². The standard InChI is InChI=1S/C15H14N4O/c1-9-5-6-17-8-13(9)19-15(20)12-7-10-3-2-4-11(16)14(10)18-12/h2-8,18H,16H2,1H3,(H,19,20). The molecule has 2 aromatic heterocycles. The minimum absolute atomic E-state index is 0.211. The molecule has 5 heteroatoms. The van der Waals surface area contributed by atoms with E-state index < -0.39 is 0 Å². The highest BCUT2D eigenvalue weighted by Gasteiger charge is 2.11. The third kappa shape index (κ3) is 2.09. The summed E-state index contributed by atoms with van der Waals surface area (Å²) in [6.45, 7) is 1.92. The van der Waals surface area contributed by atoms with Gasteiger partial charge in [0.2, 0.25) is 0 Å². The van der Waals surface area contributed by atoms with Crippen molar-refractivity contribution in [2.45, 2.75) is 6.92 Å². The second-order valence-corrected chi connectivity index (χ2v) is 4.64. The Labute approximate surface area is 115 Å². The number of hydrogen-bond donors (Lipinski definition) is 3. The Hall–Kier alpha value is -2.82. The quantitative estimate of drug-likeness (QED) is 0.623. The number of rotatable bonds is 2. The van der Waals surface area contributed by atoms with Gasteiger partial charge in [-0.1, -0.05) is 12.1 Å². The molecule has 0 atom stereocenters. The highest BCUT2D eigenvalue weighted by atomic mass is 16.1. The van der Waals surface area contributed by atoms with E-state index in [-0.39, 0.29) is 5.91 Å². The number of fused-ring (bicyclic) bond motifs is 1. The van der Waals surface area contributed by atoms with Crippen LogP contribution in [-0.2, 0) is 0 Å². The van der Waals surface area contributed by atoms with Crippen molar-refractivity contribution in [2.75, 3.05) is 11.1 Å². The number of aryl methyl sites for hydroxylation is 1. The van der Waals surface area contributed by atoms with E-state index in [2.05, 4.69) is 15.3 Å². The number of hydrogen-bond acceptors (Lipinski definition) is 3. The maximum Gasteiger partial charge on any atom is 0.272 e. The predicted octanol–water partition coefficient (Wildman–Crippen LogP) is 2.71. The van der Waals surface area contributed by atoms with E-state index in [4.69, 9.17) is 5.73 Å². The molecule has 1 aromatic carbocycles. The summed E-state index contributed by atoms with van der Waals surface area (Å²) in [4.78, 5) is 19.3. The van der Waals surface area contributed by atoms with Gasteiger partial charge in [-0.2, -0.15) is 0 Å². The largest absolute Gasteiger partial charge is 0.397 e. The molecule has 0 aliphatic carbocycles. The van der Waals surface area contributed by atoms with Crippen LogP contribution in [0.2, 0.25) is 0 Å². The number of H-pyrrole nitrogens is 1.